The van der Waals surface area contributed by atoms with Crippen molar-refractivity contribution in [3.05, 3.63) is 0 Å². The summed E-state index contributed by atoms with van der Waals surface area (Å²) in [6.45, 7) is 3.73. The Balaban J connectivity index is 1.43. The van der Waals surface area contributed by atoms with Crippen molar-refractivity contribution in [1.82, 2.24) is 0 Å². The monoisotopic (exact) mass is 1210 g/mol. The van der Waals surface area contributed by atoms with Gasteiger partial charge in [0, 0.05) is 12.8 Å². The van der Waals surface area contributed by atoms with E-state index in [1.807, 2.05) is 0 Å². The highest BCUT2D eigenvalue weighted by Crippen LogP contribution is 2.29. The predicted octanol–water partition coefficient (Wildman–Crippen LogP) is 17.6. The number of aliphatic hydroxyl groups excluding tert-OH is 6. The minimum atomic E-state index is -1.80. The second kappa shape index (κ2) is 57.7. The number of hydrogen-bond acceptors (Lipinski definition) is 13. The molecule has 0 aromatic heterocycles. The molecule has 0 aromatic rings. The SMILES string of the molecule is CCCCCCCCCCCCCCCCCCCCCCCCCCCCCC(=O)OC[C@H]1O[C@H](O[C@H]2O[C@H](COC(=O)CCCCCCCCCCCCCCCCCCCCCCCCCCCCC)[C@@H](O)[C@H](O)[C@H]2O)[C@H](O)[C@@H](O)[C@@H]1O. The Morgan fingerprint density at radius 1 is 0.259 bits per heavy atom. The van der Waals surface area contributed by atoms with E-state index >= 15 is 0 Å². The van der Waals surface area contributed by atoms with E-state index in [9.17, 15) is 40.2 Å². The Morgan fingerprint density at radius 2 is 0.435 bits per heavy atom. The summed E-state index contributed by atoms with van der Waals surface area (Å²) in [5.41, 5.74) is 0. The molecule has 2 aliphatic heterocycles. The second-order valence-electron chi connectivity index (χ2n) is 26.4. The molecule has 13 nitrogen and oxygen atoms in total. The molecule has 0 saturated carbocycles. The summed E-state index contributed by atoms with van der Waals surface area (Å²) in [6, 6.07) is 0. The molecule has 0 aromatic carbocycles. The van der Waals surface area contributed by atoms with Crippen molar-refractivity contribution in [3.63, 3.8) is 0 Å². The van der Waals surface area contributed by atoms with Crippen molar-refractivity contribution in [2.24, 2.45) is 0 Å². The molecule has 0 unspecified atom stereocenters. The Kier molecular flexibility index (Phi) is 54.1. The van der Waals surface area contributed by atoms with E-state index in [2.05, 4.69) is 13.8 Å². The minimum Gasteiger partial charge on any atom is -0.463 e. The normalized spacial score (nSPS) is 22.5. The summed E-state index contributed by atoms with van der Waals surface area (Å²) in [7, 11) is 0. The summed E-state index contributed by atoms with van der Waals surface area (Å²) in [6.07, 6.45) is 55.2. The van der Waals surface area contributed by atoms with Gasteiger partial charge in [0.1, 0.15) is 62.0 Å². The van der Waals surface area contributed by atoms with Crippen LogP contribution >= 0.6 is 0 Å². The van der Waals surface area contributed by atoms with Gasteiger partial charge in [0.05, 0.1) is 0 Å². The van der Waals surface area contributed by atoms with Crippen LogP contribution in [-0.2, 0) is 33.3 Å². The minimum absolute atomic E-state index is 0.196. The zero-order valence-corrected chi connectivity index (χ0v) is 55.3. The first kappa shape index (κ1) is 79.7. The third-order valence-electron chi connectivity index (χ3n) is 18.4. The first-order chi connectivity index (χ1) is 41.6. The number of esters is 2. The average molecular weight is 1210 g/mol. The van der Waals surface area contributed by atoms with Crippen LogP contribution in [0.25, 0.3) is 0 Å². The average Bonchev–Trinajstić information content (AvgIpc) is 2.96. The molecule has 10 atom stereocenters. The molecule has 0 bridgehead atoms. The fraction of sp³-hybridized carbons (Fsp3) is 0.972. The maximum Gasteiger partial charge on any atom is 0.305 e. The van der Waals surface area contributed by atoms with Crippen LogP contribution in [0.2, 0.25) is 0 Å². The van der Waals surface area contributed by atoms with Crippen molar-refractivity contribution in [3.8, 4) is 0 Å². The van der Waals surface area contributed by atoms with Crippen molar-refractivity contribution < 1.29 is 63.9 Å². The first-order valence-corrected chi connectivity index (χ1v) is 37.0. The number of ether oxygens (including phenoxy) is 5. The zero-order chi connectivity index (χ0) is 61.5. The molecule has 6 N–H and O–H groups in total. The maximum absolute atomic E-state index is 12.6. The van der Waals surface area contributed by atoms with Crippen LogP contribution < -0.4 is 0 Å². The van der Waals surface area contributed by atoms with Crippen LogP contribution in [0.1, 0.15) is 373 Å². The van der Waals surface area contributed by atoms with E-state index in [0.717, 1.165) is 38.5 Å². The maximum atomic E-state index is 12.6. The van der Waals surface area contributed by atoms with Gasteiger partial charge >= 0.3 is 11.9 Å². The molecule has 0 spiro atoms. The number of carbonyl (C=O) groups is 2. The highest BCUT2D eigenvalue weighted by molar-refractivity contribution is 5.69. The molecule has 13 heteroatoms. The summed E-state index contributed by atoms with van der Waals surface area (Å²) in [5.74, 6) is -0.953. The van der Waals surface area contributed by atoms with Crippen LogP contribution in [0.5, 0.6) is 0 Å². The van der Waals surface area contributed by atoms with Crippen LogP contribution in [0.4, 0.5) is 0 Å². The Hall–Kier alpha value is -1.42. The molecular weight excluding hydrogens is 1070 g/mol. The van der Waals surface area contributed by atoms with Crippen molar-refractivity contribution in [2.75, 3.05) is 13.2 Å². The van der Waals surface area contributed by atoms with E-state index in [1.54, 1.807) is 0 Å². The Bertz CT molecular complexity index is 1350. The fourth-order valence-corrected chi connectivity index (χ4v) is 12.5. The molecule has 2 rings (SSSR count). The van der Waals surface area contributed by atoms with Gasteiger partial charge in [-0.2, -0.15) is 0 Å². The zero-order valence-electron chi connectivity index (χ0n) is 55.3. The van der Waals surface area contributed by atoms with Gasteiger partial charge in [-0.05, 0) is 12.8 Å². The van der Waals surface area contributed by atoms with Gasteiger partial charge in [0.25, 0.3) is 0 Å². The lowest BCUT2D eigenvalue weighted by molar-refractivity contribution is -0.376. The van der Waals surface area contributed by atoms with E-state index in [4.69, 9.17) is 23.7 Å². The lowest BCUT2D eigenvalue weighted by Gasteiger charge is -2.44. The molecule has 2 aliphatic rings. The van der Waals surface area contributed by atoms with Gasteiger partial charge in [-0.1, -0.05) is 348 Å². The molecule has 2 saturated heterocycles. The number of hydrogen-bond donors (Lipinski definition) is 6. The number of unbranched alkanes of at least 4 members (excludes halogenated alkanes) is 52. The molecule has 0 amide bonds. The van der Waals surface area contributed by atoms with Gasteiger partial charge in [0.15, 0.2) is 12.6 Å². The fourth-order valence-electron chi connectivity index (χ4n) is 12.5. The topological polar surface area (TPSA) is 202 Å². The second-order valence-corrected chi connectivity index (χ2v) is 26.4. The largest absolute Gasteiger partial charge is 0.463 e. The van der Waals surface area contributed by atoms with Crippen LogP contribution in [0, 0.1) is 0 Å². The van der Waals surface area contributed by atoms with Crippen molar-refractivity contribution >= 4 is 11.9 Å². The number of carbonyl (C=O) groups excluding carboxylic acids is 2. The van der Waals surface area contributed by atoms with E-state index < -0.39 is 86.6 Å². The smallest absolute Gasteiger partial charge is 0.305 e. The summed E-state index contributed by atoms with van der Waals surface area (Å²) < 4.78 is 27.9. The lowest BCUT2D eigenvalue weighted by Crippen LogP contribution is -2.64. The van der Waals surface area contributed by atoms with Crippen LogP contribution in [0.15, 0.2) is 0 Å². The van der Waals surface area contributed by atoms with Crippen LogP contribution in [-0.4, -0.2) is 117 Å². The molecule has 85 heavy (non-hydrogen) atoms. The van der Waals surface area contributed by atoms with E-state index in [0.29, 0.717) is 12.8 Å². The van der Waals surface area contributed by atoms with Crippen LogP contribution in [0.3, 0.4) is 0 Å². The molecule has 0 radical (unpaired) electrons. The van der Waals surface area contributed by atoms with E-state index in [-0.39, 0.29) is 12.8 Å². The van der Waals surface area contributed by atoms with Gasteiger partial charge in [0.2, 0.25) is 0 Å². The van der Waals surface area contributed by atoms with Gasteiger partial charge < -0.3 is 54.3 Å². The Morgan fingerprint density at radius 3 is 0.624 bits per heavy atom. The number of aliphatic hydroxyl groups is 6. The highest BCUT2D eigenvalue weighted by Gasteiger charge is 2.50. The van der Waals surface area contributed by atoms with Gasteiger partial charge in [-0.15, -0.1) is 0 Å². The summed E-state index contributed by atoms with van der Waals surface area (Å²) in [5, 5.41) is 64.1. The summed E-state index contributed by atoms with van der Waals surface area (Å²) in [4.78, 5) is 25.2. The molecule has 0 aliphatic carbocycles. The standard InChI is InChI=1S/C72H138O13/c1-3-5-7-9-11-13-15-17-19-21-23-25-27-29-31-33-35-37-39-41-43-45-47-49-51-53-55-57-63(73)81-59-61-65(75)67(77)69(79)71(83-61)85-72-70(80)68(78)66(76)62(84-72)60-82-64(74)58-56-54-52-50-48-46-44-42-40-38-36-34-32-30-28-26-24-22-20-18-16-14-12-10-8-6-4-2/h61-62,65-72,75-80H,3-60H2,1-2H3/t61-,62-,65-,66-,67+,68+,69-,70-,71-,72-/m1/s1. The van der Waals surface area contributed by atoms with Crippen molar-refractivity contribution in [2.45, 2.75) is 435 Å². The highest BCUT2D eigenvalue weighted by atomic mass is 16.8. The molecule has 2 heterocycles. The Labute approximate surface area is 521 Å². The van der Waals surface area contributed by atoms with Gasteiger partial charge in [-0.3, -0.25) is 9.59 Å². The molecule has 2 fully saturated rings. The van der Waals surface area contributed by atoms with Crippen molar-refractivity contribution in [1.29, 1.82) is 0 Å². The van der Waals surface area contributed by atoms with Gasteiger partial charge in [-0.25, -0.2) is 0 Å². The quantitative estimate of drug-likeness (QED) is 0.0248. The molecule has 504 valence electrons. The molecular formula is C72H138O13. The third kappa shape index (κ3) is 43.9. The third-order valence-corrected chi connectivity index (χ3v) is 18.4. The first-order valence-electron chi connectivity index (χ1n) is 37.0. The van der Waals surface area contributed by atoms with E-state index in [1.165, 1.54) is 295 Å². The lowest BCUT2D eigenvalue weighted by atomic mass is 9.98. The predicted molar refractivity (Wildman–Crippen MR) is 346 cm³/mol. The summed E-state index contributed by atoms with van der Waals surface area (Å²) >= 11 is 0. The number of rotatable bonds is 62.